The van der Waals surface area contributed by atoms with Crippen LogP contribution in [-0.4, -0.2) is 11.1 Å². The number of carboxylic acids is 1. The van der Waals surface area contributed by atoms with Crippen molar-refractivity contribution in [2.24, 2.45) is 0 Å². The maximum atomic E-state index is 13.5. The van der Waals surface area contributed by atoms with Crippen LogP contribution >= 0.6 is 11.3 Å². The topological polar surface area (TPSA) is 58.6 Å². The van der Waals surface area contributed by atoms with E-state index in [-0.39, 0.29) is 17.7 Å². The Morgan fingerprint density at radius 2 is 1.68 bits per heavy atom. The van der Waals surface area contributed by atoms with Gasteiger partial charge in [-0.1, -0.05) is 48.5 Å². The molecule has 0 fully saturated rings. The van der Waals surface area contributed by atoms with Gasteiger partial charge in [-0.2, -0.15) is 13.2 Å². The first kappa shape index (κ1) is 23.4. The van der Waals surface area contributed by atoms with Gasteiger partial charge < -0.3 is 15.2 Å². The Morgan fingerprint density at radius 1 is 0.941 bits per heavy atom. The second-order valence-corrected chi connectivity index (χ2v) is 8.63. The zero-order valence-electron chi connectivity index (χ0n) is 17.8. The molecule has 0 saturated carbocycles. The van der Waals surface area contributed by atoms with Gasteiger partial charge in [0.15, 0.2) is 0 Å². The molecule has 4 aromatic rings. The summed E-state index contributed by atoms with van der Waals surface area (Å²) in [5.41, 5.74) is 2.50. The number of carbonyl (C=O) groups is 1. The molecule has 0 aliphatic carbocycles. The van der Waals surface area contributed by atoms with E-state index in [9.17, 15) is 18.0 Å². The number of anilines is 1. The van der Waals surface area contributed by atoms with Gasteiger partial charge in [-0.05, 0) is 47.5 Å². The summed E-state index contributed by atoms with van der Waals surface area (Å²) >= 11 is 0.691. The fourth-order valence-electron chi connectivity index (χ4n) is 3.38. The molecule has 0 bridgehead atoms. The minimum atomic E-state index is -4.44. The van der Waals surface area contributed by atoms with Gasteiger partial charge in [-0.3, -0.25) is 0 Å². The average molecular weight is 484 g/mol. The van der Waals surface area contributed by atoms with E-state index in [0.29, 0.717) is 39.8 Å². The lowest BCUT2D eigenvalue weighted by Crippen LogP contribution is -2.03. The third-order valence-corrected chi connectivity index (χ3v) is 6.19. The molecule has 4 rings (SSSR count). The van der Waals surface area contributed by atoms with E-state index in [4.69, 9.17) is 9.84 Å². The van der Waals surface area contributed by atoms with Crippen molar-refractivity contribution in [1.82, 2.24) is 0 Å². The summed E-state index contributed by atoms with van der Waals surface area (Å²) < 4.78 is 46.4. The van der Waals surface area contributed by atoms with Crippen LogP contribution in [0, 0.1) is 0 Å². The van der Waals surface area contributed by atoms with Crippen molar-refractivity contribution in [3.05, 3.63) is 106 Å². The predicted octanol–water partition coefficient (Wildman–Crippen LogP) is 7.32. The third-order valence-electron chi connectivity index (χ3n) is 5.04. The van der Waals surface area contributed by atoms with Crippen molar-refractivity contribution >= 4 is 23.0 Å². The molecular weight excluding hydrogens is 463 g/mol. The molecular formula is C26H20F3NO3S. The molecule has 0 atom stereocenters. The Bertz CT molecular complexity index is 1270. The number of benzene rings is 3. The summed E-state index contributed by atoms with van der Waals surface area (Å²) in [6, 6.07) is 23.7. The molecule has 8 heteroatoms. The quantitative estimate of drug-likeness (QED) is 0.276. The van der Waals surface area contributed by atoms with Crippen molar-refractivity contribution < 1.29 is 27.8 Å². The van der Waals surface area contributed by atoms with Crippen molar-refractivity contribution in [3.63, 3.8) is 0 Å². The summed E-state index contributed by atoms with van der Waals surface area (Å²) in [5, 5.41) is 12.2. The van der Waals surface area contributed by atoms with Crippen LogP contribution < -0.4 is 10.1 Å². The van der Waals surface area contributed by atoms with Crippen molar-refractivity contribution in [1.29, 1.82) is 0 Å². The lowest BCUT2D eigenvalue weighted by Gasteiger charge is -2.09. The van der Waals surface area contributed by atoms with Crippen LogP contribution in [0.25, 0.3) is 11.1 Å². The Labute approximate surface area is 198 Å². The molecule has 0 radical (unpaired) electrons. The molecule has 34 heavy (non-hydrogen) atoms. The number of hydrogen-bond donors (Lipinski definition) is 2. The summed E-state index contributed by atoms with van der Waals surface area (Å²) in [4.78, 5) is 10.9. The Hall–Kier alpha value is -3.78. The molecule has 174 valence electrons. The van der Waals surface area contributed by atoms with Gasteiger partial charge in [-0.25, -0.2) is 4.79 Å². The average Bonchev–Trinajstić information content (AvgIpc) is 3.28. The largest absolute Gasteiger partial charge is 0.488 e. The molecule has 3 aromatic carbocycles. The summed E-state index contributed by atoms with van der Waals surface area (Å²) in [7, 11) is 0. The Balaban J connectivity index is 1.39. The number of alkyl halides is 3. The van der Waals surface area contributed by atoms with E-state index < -0.39 is 17.0 Å². The smallest absolute Gasteiger partial charge is 0.426 e. The number of ether oxygens (including phenoxy) is 1. The second-order valence-electron chi connectivity index (χ2n) is 7.49. The van der Waals surface area contributed by atoms with Crippen molar-refractivity contribution in [2.75, 3.05) is 5.32 Å². The standard InChI is InChI=1S/C26H20F3NO3S/c27-26(28,29)24-23(18-5-2-1-3-6-18)14-22(34-24)16-33-21-11-9-17(10-12-21)15-30-20-8-4-7-19(13-20)25(31)32/h1-14,30H,15-16H2,(H,31,32). The van der Waals surface area contributed by atoms with Gasteiger partial charge in [0.2, 0.25) is 0 Å². The third kappa shape index (κ3) is 5.77. The minimum Gasteiger partial charge on any atom is -0.488 e. The first-order valence-electron chi connectivity index (χ1n) is 10.3. The number of hydrogen-bond acceptors (Lipinski definition) is 4. The second kappa shape index (κ2) is 10.0. The maximum Gasteiger partial charge on any atom is 0.426 e. The van der Waals surface area contributed by atoms with Crippen LogP contribution in [0.15, 0.2) is 84.9 Å². The van der Waals surface area contributed by atoms with Gasteiger partial charge in [0.05, 0.1) is 5.56 Å². The molecule has 1 aromatic heterocycles. The Kier molecular flexibility index (Phi) is 6.88. The first-order valence-corrected chi connectivity index (χ1v) is 11.2. The summed E-state index contributed by atoms with van der Waals surface area (Å²) in [5.74, 6) is -0.450. The zero-order valence-corrected chi connectivity index (χ0v) is 18.6. The minimum absolute atomic E-state index is 0.0279. The number of halogens is 3. The SMILES string of the molecule is O=C(O)c1cccc(NCc2ccc(OCc3cc(-c4ccccc4)c(C(F)(F)F)s3)cc2)c1. The highest BCUT2D eigenvalue weighted by atomic mass is 32.1. The molecule has 0 spiro atoms. The highest BCUT2D eigenvalue weighted by Crippen LogP contribution is 2.43. The number of nitrogens with one attached hydrogen (secondary N) is 1. The van der Waals surface area contributed by atoms with Crippen LogP contribution in [0.2, 0.25) is 0 Å². The van der Waals surface area contributed by atoms with E-state index in [0.717, 1.165) is 5.56 Å². The fraction of sp³-hybridized carbons (Fsp3) is 0.115. The van der Waals surface area contributed by atoms with Gasteiger partial charge in [0.1, 0.15) is 17.2 Å². The van der Waals surface area contributed by atoms with Crippen molar-refractivity contribution in [2.45, 2.75) is 19.3 Å². The molecule has 0 aliphatic heterocycles. The van der Waals surface area contributed by atoms with E-state index in [1.165, 1.54) is 12.1 Å². The molecule has 0 amide bonds. The lowest BCUT2D eigenvalue weighted by molar-refractivity contribution is -0.133. The number of thiophene rings is 1. The predicted molar refractivity (Wildman–Crippen MR) is 126 cm³/mol. The van der Waals surface area contributed by atoms with Crippen LogP contribution in [0.1, 0.15) is 25.7 Å². The number of rotatable bonds is 8. The summed E-state index contributed by atoms with van der Waals surface area (Å²) in [6.45, 7) is 0.504. The fourth-order valence-corrected chi connectivity index (χ4v) is 4.34. The molecule has 0 unspecified atom stereocenters. The maximum absolute atomic E-state index is 13.5. The molecule has 0 aliphatic rings. The zero-order chi connectivity index (χ0) is 24.1. The molecule has 2 N–H and O–H groups in total. The monoisotopic (exact) mass is 483 g/mol. The van der Waals surface area contributed by atoms with Crippen molar-refractivity contribution in [3.8, 4) is 16.9 Å². The van der Waals surface area contributed by atoms with E-state index in [1.54, 1.807) is 60.7 Å². The van der Waals surface area contributed by atoms with Crippen LogP contribution in [0.3, 0.4) is 0 Å². The first-order chi connectivity index (χ1) is 16.3. The van der Waals surface area contributed by atoms with Gasteiger partial charge in [0.25, 0.3) is 0 Å². The summed E-state index contributed by atoms with van der Waals surface area (Å²) in [6.07, 6.45) is -4.44. The van der Waals surface area contributed by atoms with Gasteiger partial charge in [-0.15, -0.1) is 11.3 Å². The van der Waals surface area contributed by atoms with E-state index >= 15 is 0 Å². The lowest BCUT2D eigenvalue weighted by atomic mass is 10.1. The normalized spacial score (nSPS) is 11.3. The van der Waals surface area contributed by atoms with Crippen LogP contribution in [-0.2, 0) is 19.3 Å². The molecule has 4 nitrogen and oxygen atoms in total. The number of carboxylic acid groups (broad SMARTS) is 1. The Morgan fingerprint density at radius 3 is 2.35 bits per heavy atom. The molecule has 0 saturated heterocycles. The van der Waals surface area contributed by atoms with Gasteiger partial charge >= 0.3 is 12.1 Å². The highest BCUT2D eigenvalue weighted by Gasteiger charge is 2.36. The van der Waals surface area contributed by atoms with E-state index in [1.807, 2.05) is 12.1 Å². The van der Waals surface area contributed by atoms with Crippen LogP contribution in [0.5, 0.6) is 5.75 Å². The number of aromatic carboxylic acids is 1. The highest BCUT2D eigenvalue weighted by molar-refractivity contribution is 7.12. The van der Waals surface area contributed by atoms with Gasteiger partial charge in [0, 0.05) is 22.7 Å². The van der Waals surface area contributed by atoms with Crippen LogP contribution in [0.4, 0.5) is 18.9 Å². The molecule has 1 heterocycles. The van der Waals surface area contributed by atoms with E-state index in [2.05, 4.69) is 5.32 Å².